The molecule has 156 valence electrons. The van der Waals surface area contributed by atoms with Crippen LogP contribution in [0.4, 0.5) is 11.4 Å². The third kappa shape index (κ3) is 3.16. The standard InChI is InChI=1S/C21H24N6O3/c1-20(2)16(19(30)26-12-3-7-24-14(9-12)17(22)28)27(11-21(20)5-6-21)13-4-8-25-15(10-13)18(23)29/h3-4,7-10,16H,5-6,11H2,1-2H3,(H2,22,28)(H2,23,29)(H,24,26,30)/t16-/m1/s1. The second-order valence-electron chi connectivity index (χ2n) is 8.58. The number of pyridine rings is 2. The van der Waals surface area contributed by atoms with E-state index in [4.69, 9.17) is 11.5 Å². The Kier molecular flexibility index (Phi) is 4.48. The molecular formula is C21H24N6O3. The van der Waals surface area contributed by atoms with Gasteiger partial charge >= 0.3 is 0 Å². The summed E-state index contributed by atoms with van der Waals surface area (Å²) in [5.41, 5.74) is 11.8. The minimum absolute atomic E-state index is 0.0296. The lowest BCUT2D eigenvalue weighted by molar-refractivity contribution is -0.119. The van der Waals surface area contributed by atoms with E-state index in [0.717, 1.165) is 18.5 Å². The summed E-state index contributed by atoms with van der Waals surface area (Å²) in [4.78, 5) is 46.4. The zero-order chi connectivity index (χ0) is 21.7. The lowest BCUT2D eigenvalue weighted by Crippen LogP contribution is -2.47. The van der Waals surface area contributed by atoms with Crippen LogP contribution >= 0.6 is 0 Å². The highest BCUT2D eigenvalue weighted by Crippen LogP contribution is 2.65. The van der Waals surface area contributed by atoms with Crippen LogP contribution in [0.2, 0.25) is 0 Å². The topological polar surface area (TPSA) is 144 Å². The Bertz CT molecular complexity index is 1050. The Labute approximate surface area is 173 Å². The molecule has 2 aromatic rings. The molecule has 2 aromatic heterocycles. The second kappa shape index (κ2) is 6.79. The molecule has 9 heteroatoms. The molecule has 2 fully saturated rings. The van der Waals surface area contributed by atoms with Crippen molar-refractivity contribution in [3.63, 3.8) is 0 Å². The Morgan fingerprint density at radius 3 is 2.23 bits per heavy atom. The lowest BCUT2D eigenvalue weighted by Gasteiger charge is -2.34. The number of hydrogen-bond donors (Lipinski definition) is 3. The fraction of sp³-hybridized carbons (Fsp3) is 0.381. The van der Waals surface area contributed by atoms with Crippen LogP contribution in [-0.2, 0) is 4.79 Å². The average Bonchev–Trinajstić information content (AvgIpc) is 3.44. The summed E-state index contributed by atoms with van der Waals surface area (Å²) in [6, 6.07) is 5.98. The summed E-state index contributed by atoms with van der Waals surface area (Å²) in [5.74, 6) is -1.49. The maximum Gasteiger partial charge on any atom is 0.267 e. The smallest absolute Gasteiger partial charge is 0.267 e. The summed E-state index contributed by atoms with van der Waals surface area (Å²) in [6.45, 7) is 4.90. The Morgan fingerprint density at radius 1 is 1.03 bits per heavy atom. The first-order chi connectivity index (χ1) is 14.1. The molecule has 30 heavy (non-hydrogen) atoms. The number of anilines is 2. The van der Waals surface area contributed by atoms with Gasteiger partial charge in [-0.15, -0.1) is 0 Å². The van der Waals surface area contributed by atoms with E-state index in [-0.39, 0.29) is 28.1 Å². The number of aromatic nitrogens is 2. The fourth-order valence-corrected chi connectivity index (χ4v) is 4.55. The van der Waals surface area contributed by atoms with Gasteiger partial charge in [0.2, 0.25) is 5.91 Å². The van der Waals surface area contributed by atoms with Gasteiger partial charge in [-0.25, -0.2) is 0 Å². The number of nitrogens with one attached hydrogen (secondary N) is 1. The van der Waals surface area contributed by atoms with Crippen molar-refractivity contribution in [3.05, 3.63) is 48.0 Å². The number of carbonyl (C=O) groups excluding carboxylic acids is 3. The maximum absolute atomic E-state index is 13.4. The van der Waals surface area contributed by atoms with Gasteiger partial charge in [0, 0.05) is 35.7 Å². The van der Waals surface area contributed by atoms with Gasteiger partial charge in [-0.3, -0.25) is 24.4 Å². The second-order valence-corrected chi connectivity index (χ2v) is 8.58. The molecule has 0 aromatic carbocycles. The first kappa shape index (κ1) is 19.8. The number of carbonyl (C=O) groups is 3. The van der Waals surface area contributed by atoms with Crippen molar-refractivity contribution in [2.75, 3.05) is 16.8 Å². The van der Waals surface area contributed by atoms with E-state index in [0.29, 0.717) is 12.2 Å². The SMILES string of the molecule is CC1(C)[C@@H](C(=O)Nc2ccnc(C(N)=O)c2)N(c2ccnc(C(N)=O)c2)CC12CC2. The van der Waals surface area contributed by atoms with Crippen molar-refractivity contribution < 1.29 is 14.4 Å². The third-order valence-corrected chi connectivity index (χ3v) is 6.54. The van der Waals surface area contributed by atoms with Crippen molar-refractivity contribution in [2.45, 2.75) is 32.7 Å². The summed E-state index contributed by atoms with van der Waals surface area (Å²) < 4.78 is 0. The van der Waals surface area contributed by atoms with Crippen LogP contribution < -0.4 is 21.7 Å². The van der Waals surface area contributed by atoms with Crippen LogP contribution in [0.1, 0.15) is 47.7 Å². The fourth-order valence-electron chi connectivity index (χ4n) is 4.55. The van der Waals surface area contributed by atoms with E-state index in [1.54, 1.807) is 18.2 Å². The minimum Gasteiger partial charge on any atom is -0.364 e. The van der Waals surface area contributed by atoms with Crippen LogP contribution in [-0.4, -0.2) is 40.3 Å². The molecule has 5 N–H and O–H groups in total. The number of rotatable bonds is 5. The van der Waals surface area contributed by atoms with Gasteiger partial charge in [0.25, 0.3) is 11.8 Å². The van der Waals surface area contributed by atoms with E-state index >= 15 is 0 Å². The summed E-state index contributed by atoms with van der Waals surface area (Å²) >= 11 is 0. The van der Waals surface area contributed by atoms with Crippen LogP contribution in [0.5, 0.6) is 0 Å². The van der Waals surface area contributed by atoms with Gasteiger partial charge in [0.05, 0.1) is 0 Å². The monoisotopic (exact) mass is 408 g/mol. The van der Waals surface area contributed by atoms with Crippen LogP contribution in [0.15, 0.2) is 36.7 Å². The predicted octanol–water partition coefficient (Wildman–Crippen LogP) is 1.31. The molecule has 0 radical (unpaired) electrons. The zero-order valence-electron chi connectivity index (χ0n) is 16.9. The molecular weight excluding hydrogens is 384 g/mol. The van der Waals surface area contributed by atoms with Gasteiger partial charge in [0.15, 0.2) is 0 Å². The number of amides is 3. The highest BCUT2D eigenvalue weighted by atomic mass is 16.2. The Balaban J connectivity index is 1.68. The number of nitrogens with two attached hydrogens (primary N) is 2. The molecule has 0 unspecified atom stereocenters. The van der Waals surface area contributed by atoms with Gasteiger partial charge < -0.3 is 21.7 Å². The van der Waals surface area contributed by atoms with E-state index in [1.165, 1.54) is 18.5 Å². The molecule has 2 aliphatic rings. The first-order valence-corrected chi connectivity index (χ1v) is 9.74. The molecule has 1 saturated heterocycles. The van der Waals surface area contributed by atoms with Gasteiger partial charge in [0.1, 0.15) is 17.4 Å². The largest absolute Gasteiger partial charge is 0.364 e. The van der Waals surface area contributed by atoms with Crippen LogP contribution in [0.3, 0.4) is 0 Å². The lowest BCUT2D eigenvalue weighted by atomic mass is 9.73. The van der Waals surface area contributed by atoms with E-state index < -0.39 is 17.9 Å². The molecule has 1 aliphatic carbocycles. The molecule has 0 bridgehead atoms. The zero-order valence-corrected chi connectivity index (χ0v) is 16.9. The van der Waals surface area contributed by atoms with Crippen LogP contribution in [0, 0.1) is 10.8 Å². The molecule has 4 rings (SSSR count). The summed E-state index contributed by atoms with van der Waals surface area (Å²) in [5, 5.41) is 2.90. The average molecular weight is 408 g/mol. The maximum atomic E-state index is 13.4. The highest BCUT2D eigenvalue weighted by molar-refractivity contribution is 6.00. The predicted molar refractivity (Wildman–Crippen MR) is 111 cm³/mol. The van der Waals surface area contributed by atoms with Crippen LogP contribution in [0.25, 0.3) is 0 Å². The number of hydrogen-bond acceptors (Lipinski definition) is 6. The quantitative estimate of drug-likeness (QED) is 0.680. The molecule has 1 saturated carbocycles. The minimum atomic E-state index is -0.665. The van der Waals surface area contributed by atoms with E-state index in [9.17, 15) is 14.4 Å². The molecule has 3 amide bonds. The third-order valence-electron chi connectivity index (χ3n) is 6.54. The van der Waals surface area contributed by atoms with Crippen molar-refractivity contribution in [3.8, 4) is 0 Å². The van der Waals surface area contributed by atoms with Gasteiger partial charge in [-0.2, -0.15) is 0 Å². The van der Waals surface area contributed by atoms with E-state index in [2.05, 4.69) is 29.1 Å². The summed E-state index contributed by atoms with van der Waals surface area (Å²) in [7, 11) is 0. The highest BCUT2D eigenvalue weighted by Gasteiger charge is 2.66. The molecule has 3 heterocycles. The normalized spacial score (nSPS) is 20.7. The number of nitrogens with zero attached hydrogens (tertiary/aromatic N) is 3. The van der Waals surface area contributed by atoms with Crippen molar-refractivity contribution in [2.24, 2.45) is 22.3 Å². The molecule has 1 atom stereocenters. The summed E-state index contributed by atoms with van der Waals surface area (Å²) in [6.07, 6.45) is 5.03. The van der Waals surface area contributed by atoms with Gasteiger partial charge in [-0.1, -0.05) is 13.8 Å². The Morgan fingerprint density at radius 2 is 1.63 bits per heavy atom. The molecule has 9 nitrogen and oxygen atoms in total. The Hall–Kier alpha value is -3.49. The van der Waals surface area contributed by atoms with Crippen molar-refractivity contribution in [1.82, 2.24) is 9.97 Å². The molecule has 1 aliphatic heterocycles. The molecule has 1 spiro atoms. The van der Waals surface area contributed by atoms with Crippen molar-refractivity contribution >= 4 is 29.1 Å². The van der Waals surface area contributed by atoms with Crippen molar-refractivity contribution in [1.29, 1.82) is 0 Å². The van der Waals surface area contributed by atoms with Gasteiger partial charge in [-0.05, 0) is 42.5 Å². The first-order valence-electron chi connectivity index (χ1n) is 9.74. The van der Waals surface area contributed by atoms with E-state index in [1.807, 2.05) is 4.90 Å². The number of primary amides is 2.